The molecule has 1 aromatic heterocycles. The summed E-state index contributed by atoms with van der Waals surface area (Å²) in [6.07, 6.45) is 0.777. The molecule has 0 aliphatic carbocycles. The largest absolute Gasteiger partial charge is 0.504 e. The number of carbonyl (C=O) groups is 7. The Hall–Kier alpha value is -7.11. The number of phenolic OH excluding ortho intramolecular Hbond substituents is 3. The van der Waals surface area contributed by atoms with E-state index in [-0.39, 0.29) is 24.1 Å². The Morgan fingerprint density at radius 2 is 1.24 bits per heavy atom. The average Bonchev–Trinajstić information content (AvgIpc) is 3.58. The number of fused-ring (bicyclic) bond motifs is 1. The van der Waals surface area contributed by atoms with Crippen LogP contribution in [-0.2, 0) is 36.9 Å². The molecule has 308 valence electrons. The molecule has 4 atom stereocenters. The number of hydrogen-bond donors (Lipinski definition) is 11. The molecule has 0 saturated heterocycles. The van der Waals surface area contributed by atoms with Gasteiger partial charge in [0.05, 0.1) is 6.42 Å². The van der Waals surface area contributed by atoms with Crippen LogP contribution in [0.2, 0.25) is 0 Å². The maximum Gasteiger partial charge on any atom is 0.326 e. The zero-order valence-electron chi connectivity index (χ0n) is 32.0. The highest BCUT2D eigenvalue weighted by Crippen LogP contribution is 2.35. The number of hydrogen-bond acceptors (Lipinski definition) is 10. The number of aromatic nitrogens is 1. The van der Waals surface area contributed by atoms with Crippen molar-refractivity contribution < 1.29 is 59.1 Å². The second kappa shape index (κ2) is 19.2. The van der Waals surface area contributed by atoms with Crippen molar-refractivity contribution in [3.63, 3.8) is 0 Å². The smallest absolute Gasteiger partial charge is 0.326 e. The standard InChI is InChI=1S/C40H46N6O12/c1-19(2)32(39(56)44-28(16-31(49)50)38(55)46-33(20(3)4)40(57)58)45-37(54)27(13-24-18-41-26-8-6-5-7-25(24)26)43-36(53)22-11-9-21(10-12-22)17-42-35(52)23-14-29(47)34(51)30(48)15-23/h5-12,14-15,18-20,27-28,32-33,41,47-48,51H,13,16-17H2,1-4H3,(H,42,52)(H,43,53)(H,44,56)(H,45,54)(H,46,55)(H,49,50)(H,57,58)/t27-,28-,32-,33-/m0/s1. The van der Waals surface area contributed by atoms with E-state index in [1.807, 2.05) is 18.2 Å². The van der Waals surface area contributed by atoms with Gasteiger partial charge in [0.25, 0.3) is 11.8 Å². The van der Waals surface area contributed by atoms with E-state index in [0.717, 1.165) is 23.0 Å². The molecule has 0 aliphatic rings. The monoisotopic (exact) mass is 802 g/mol. The van der Waals surface area contributed by atoms with Crippen molar-refractivity contribution in [2.24, 2.45) is 11.8 Å². The fraction of sp³-hybridized carbons (Fsp3) is 0.325. The Labute approximate surface area is 332 Å². The summed E-state index contributed by atoms with van der Waals surface area (Å²) in [6.45, 7) is 6.28. The van der Waals surface area contributed by atoms with Crippen molar-refractivity contribution >= 4 is 52.4 Å². The van der Waals surface area contributed by atoms with Crippen LogP contribution in [-0.4, -0.2) is 96.2 Å². The highest BCUT2D eigenvalue weighted by molar-refractivity contribution is 6.00. The molecule has 1 heterocycles. The summed E-state index contributed by atoms with van der Waals surface area (Å²) in [4.78, 5) is 93.3. The minimum absolute atomic E-state index is 0.0137. The van der Waals surface area contributed by atoms with Crippen LogP contribution in [0.4, 0.5) is 0 Å². The minimum atomic E-state index is -1.68. The Kier molecular flexibility index (Phi) is 14.4. The molecular weight excluding hydrogens is 756 g/mol. The Morgan fingerprint density at radius 3 is 1.83 bits per heavy atom. The first-order valence-electron chi connectivity index (χ1n) is 18.2. The number of aliphatic carboxylic acids is 2. The van der Waals surface area contributed by atoms with Crippen LogP contribution in [0.25, 0.3) is 10.9 Å². The van der Waals surface area contributed by atoms with Gasteiger partial charge in [-0.05, 0) is 53.3 Å². The molecule has 18 heteroatoms. The van der Waals surface area contributed by atoms with Gasteiger partial charge < -0.3 is 57.1 Å². The summed E-state index contributed by atoms with van der Waals surface area (Å²) in [6, 6.07) is 9.64. The molecular formula is C40H46N6O12. The van der Waals surface area contributed by atoms with E-state index >= 15 is 0 Å². The van der Waals surface area contributed by atoms with Crippen LogP contribution in [0, 0.1) is 11.8 Å². The van der Waals surface area contributed by atoms with Crippen LogP contribution in [0.3, 0.4) is 0 Å². The van der Waals surface area contributed by atoms with Crippen molar-refractivity contribution in [2.45, 2.75) is 71.2 Å². The van der Waals surface area contributed by atoms with Crippen molar-refractivity contribution in [1.29, 1.82) is 0 Å². The minimum Gasteiger partial charge on any atom is -0.504 e. The molecule has 0 spiro atoms. The molecule has 3 aromatic carbocycles. The zero-order valence-corrected chi connectivity index (χ0v) is 32.0. The summed E-state index contributed by atoms with van der Waals surface area (Å²) in [5.74, 6) is -10.1. The number of phenols is 3. The van der Waals surface area contributed by atoms with Gasteiger partial charge in [-0.25, -0.2) is 4.79 Å². The van der Waals surface area contributed by atoms with E-state index in [0.29, 0.717) is 11.1 Å². The lowest BCUT2D eigenvalue weighted by atomic mass is 9.99. The number of carboxylic acids is 2. The number of nitrogens with one attached hydrogen (secondary N) is 6. The van der Waals surface area contributed by atoms with Gasteiger partial charge in [0.2, 0.25) is 17.7 Å². The molecule has 58 heavy (non-hydrogen) atoms. The van der Waals surface area contributed by atoms with Gasteiger partial charge in [0.15, 0.2) is 17.2 Å². The molecule has 0 radical (unpaired) electrons. The Bertz CT molecular complexity index is 2160. The van der Waals surface area contributed by atoms with Crippen LogP contribution < -0.4 is 26.6 Å². The van der Waals surface area contributed by atoms with Gasteiger partial charge >= 0.3 is 11.9 Å². The SMILES string of the molecule is CC(C)[C@H](NC(=O)[C@H](CC(=O)O)NC(=O)[C@@H](NC(=O)[C@H](Cc1c[nH]c2ccccc12)NC(=O)c1ccc(CNC(=O)c2cc(O)c(O)c(O)c2)cc1)C(C)C)C(=O)O. The topological polar surface area (TPSA) is 297 Å². The zero-order chi connectivity index (χ0) is 42.8. The van der Waals surface area contributed by atoms with Crippen LogP contribution in [0.5, 0.6) is 17.2 Å². The van der Waals surface area contributed by atoms with Gasteiger partial charge in [0.1, 0.15) is 24.2 Å². The maximum absolute atomic E-state index is 14.0. The van der Waals surface area contributed by atoms with Crippen LogP contribution in [0.1, 0.15) is 66.0 Å². The van der Waals surface area contributed by atoms with Crippen LogP contribution in [0.15, 0.2) is 66.9 Å². The number of carbonyl (C=O) groups excluding carboxylic acids is 5. The second-order valence-electron chi connectivity index (χ2n) is 14.3. The molecule has 0 saturated carbocycles. The van der Waals surface area contributed by atoms with Gasteiger partial charge in [0, 0.05) is 41.2 Å². The predicted molar refractivity (Wildman–Crippen MR) is 208 cm³/mol. The van der Waals surface area contributed by atoms with Crippen LogP contribution >= 0.6 is 0 Å². The van der Waals surface area contributed by atoms with Gasteiger partial charge in [-0.15, -0.1) is 0 Å². The Balaban J connectivity index is 1.52. The maximum atomic E-state index is 14.0. The summed E-state index contributed by atoms with van der Waals surface area (Å²) >= 11 is 0. The van der Waals surface area contributed by atoms with E-state index in [4.69, 9.17) is 0 Å². The lowest BCUT2D eigenvalue weighted by Gasteiger charge is -2.28. The quantitative estimate of drug-likeness (QED) is 0.0643. The number of para-hydroxylation sites is 1. The molecule has 0 unspecified atom stereocenters. The van der Waals surface area contributed by atoms with E-state index in [1.165, 1.54) is 12.1 Å². The van der Waals surface area contributed by atoms with Crippen molar-refractivity contribution in [3.8, 4) is 17.2 Å². The highest BCUT2D eigenvalue weighted by Gasteiger charge is 2.34. The summed E-state index contributed by atoms with van der Waals surface area (Å²) in [5.41, 5.74) is 2.03. The second-order valence-corrected chi connectivity index (χ2v) is 14.3. The average molecular weight is 803 g/mol. The number of aromatic amines is 1. The normalized spacial score (nSPS) is 13.2. The highest BCUT2D eigenvalue weighted by atomic mass is 16.4. The summed E-state index contributed by atoms with van der Waals surface area (Å²) in [7, 11) is 0. The molecule has 5 amide bonds. The molecule has 11 N–H and O–H groups in total. The molecule has 0 aliphatic heterocycles. The third-order valence-corrected chi connectivity index (χ3v) is 9.21. The molecule has 0 fully saturated rings. The third kappa shape index (κ3) is 11.2. The van der Waals surface area contributed by atoms with Gasteiger partial charge in [-0.3, -0.25) is 28.8 Å². The first-order valence-corrected chi connectivity index (χ1v) is 18.2. The summed E-state index contributed by atoms with van der Waals surface area (Å²) < 4.78 is 0. The lowest BCUT2D eigenvalue weighted by molar-refractivity contribution is -0.144. The summed E-state index contributed by atoms with van der Waals surface area (Å²) in [5, 5.41) is 61.3. The van der Waals surface area contributed by atoms with Gasteiger partial charge in [-0.2, -0.15) is 0 Å². The molecule has 18 nitrogen and oxygen atoms in total. The molecule has 4 rings (SSSR count). The fourth-order valence-electron chi connectivity index (χ4n) is 5.97. The van der Waals surface area contributed by atoms with E-state index in [9.17, 15) is 59.1 Å². The lowest BCUT2D eigenvalue weighted by Crippen LogP contribution is -2.59. The number of aromatic hydroxyl groups is 3. The molecule has 0 bridgehead atoms. The fourth-order valence-corrected chi connectivity index (χ4v) is 5.97. The first-order chi connectivity index (χ1) is 27.4. The van der Waals surface area contributed by atoms with Crippen molar-refractivity contribution in [2.75, 3.05) is 0 Å². The third-order valence-electron chi connectivity index (χ3n) is 9.21. The van der Waals surface area contributed by atoms with Crippen molar-refractivity contribution in [3.05, 3.63) is 89.1 Å². The number of H-pyrrole nitrogens is 1. The number of amides is 5. The van der Waals surface area contributed by atoms with E-state index in [2.05, 4.69) is 31.6 Å². The number of benzene rings is 3. The van der Waals surface area contributed by atoms with E-state index in [1.54, 1.807) is 52.1 Å². The van der Waals surface area contributed by atoms with Gasteiger partial charge in [-0.1, -0.05) is 58.0 Å². The predicted octanol–water partition coefficient (Wildman–Crippen LogP) is 1.88. The Morgan fingerprint density at radius 1 is 0.655 bits per heavy atom. The van der Waals surface area contributed by atoms with Crippen molar-refractivity contribution in [1.82, 2.24) is 31.6 Å². The number of carboxylic acid groups (broad SMARTS) is 2. The number of rotatable bonds is 18. The first kappa shape index (κ1) is 43.6. The molecule has 4 aromatic rings. The van der Waals surface area contributed by atoms with E-state index < -0.39 is 101 Å².